The summed E-state index contributed by atoms with van der Waals surface area (Å²) in [6, 6.07) is 8.79. The minimum absolute atomic E-state index is 0.0494. The molecule has 0 spiro atoms. The van der Waals surface area contributed by atoms with Crippen LogP contribution < -0.4 is 5.73 Å². The van der Waals surface area contributed by atoms with E-state index in [0.29, 0.717) is 0 Å². The highest BCUT2D eigenvalue weighted by Crippen LogP contribution is 2.62. The van der Waals surface area contributed by atoms with E-state index in [9.17, 15) is 0 Å². The van der Waals surface area contributed by atoms with E-state index >= 15 is 0 Å². The van der Waals surface area contributed by atoms with Crippen molar-refractivity contribution in [2.45, 2.75) is 44.6 Å². The zero-order valence-electron chi connectivity index (χ0n) is 9.59. The highest BCUT2D eigenvalue weighted by atomic mass is 14.9. The van der Waals surface area contributed by atoms with Gasteiger partial charge in [0.1, 0.15) is 0 Å². The number of rotatable bonds is 2. The first-order chi connectivity index (χ1) is 7.05. The highest BCUT2D eigenvalue weighted by Gasteiger charge is 2.60. The lowest BCUT2D eigenvalue weighted by molar-refractivity contribution is 0.507. The van der Waals surface area contributed by atoms with E-state index in [0.717, 1.165) is 12.3 Å². The average Bonchev–Trinajstić information content (AvgIpc) is 3.06. The van der Waals surface area contributed by atoms with E-state index < -0.39 is 0 Å². The van der Waals surface area contributed by atoms with Gasteiger partial charge in [-0.15, -0.1) is 0 Å². The molecule has 2 aliphatic rings. The summed E-state index contributed by atoms with van der Waals surface area (Å²) >= 11 is 0. The van der Waals surface area contributed by atoms with Crippen molar-refractivity contribution >= 4 is 0 Å². The molecule has 1 heteroatoms. The second-order valence-electron chi connectivity index (χ2n) is 5.89. The second kappa shape index (κ2) is 2.65. The van der Waals surface area contributed by atoms with Gasteiger partial charge in [-0.2, -0.15) is 0 Å². The molecular weight excluding hydrogens is 182 g/mol. The molecule has 1 aromatic rings. The van der Waals surface area contributed by atoms with E-state index in [1.165, 1.54) is 24.0 Å². The summed E-state index contributed by atoms with van der Waals surface area (Å²) in [5.41, 5.74) is 9.69. The Kier molecular flexibility index (Phi) is 1.66. The van der Waals surface area contributed by atoms with E-state index in [1.54, 1.807) is 0 Å². The van der Waals surface area contributed by atoms with Crippen LogP contribution >= 0.6 is 0 Å². The van der Waals surface area contributed by atoms with Crippen LogP contribution in [0, 0.1) is 5.41 Å². The van der Waals surface area contributed by atoms with Crippen LogP contribution in [0.25, 0.3) is 0 Å². The Hall–Kier alpha value is -0.820. The van der Waals surface area contributed by atoms with E-state index in [1.807, 2.05) is 0 Å². The summed E-state index contributed by atoms with van der Waals surface area (Å²) in [5.74, 6) is 0.804. The number of hydrogen-bond acceptors (Lipinski definition) is 1. The smallest absolute Gasteiger partial charge is 0.0470 e. The zero-order chi connectivity index (χ0) is 10.7. The Morgan fingerprint density at radius 1 is 1.20 bits per heavy atom. The molecule has 80 valence electrons. The van der Waals surface area contributed by atoms with Crippen LogP contribution in [0.1, 0.15) is 50.2 Å². The molecule has 0 radical (unpaired) electrons. The fourth-order valence-electron chi connectivity index (χ4n) is 2.77. The summed E-state index contributed by atoms with van der Waals surface area (Å²) in [4.78, 5) is 0. The second-order valence-corrected chi connectivity index (χ2v) is 5.89. The molecule has 2 aliphatic carbocycles. The molecule has 0 amide bonds. The Balaban J connectivity index is 2.05. The molecule has 2 saturated carbocycles. The minimum Gasteiger partial charge on any atom is -0.321 e. The summed E-state index contributed by atoms with van der Waals surface area (Å²) in [7, 11) is 0. The normalized spacial score (nSPS) is 32.7. The van der Waals surface area contributed by atoms with E-state index in [4.69, 9.17) is 5.73 Å². The molecule has 15 heavy (non-hydrogen) atoms. The van der Waals surface area contributed by atoms with Gasteiger partial charge in [-0.25, -0.2) is 0 Å². The molecular formula is C14H19N. The molecule has 1 unspecified atom stereocenters. The van der Waals surface area contributed by atoms with Crippen LogP contribution in [0.4, 0.5) is 0 Å². The molecule has 0 aliphatic heterocycles. The highest BCUT2D eigenvalue weighted by molar-refractivity contribution is 5.44. The third-order valence-corrected chi connectivity index (χ3v) is 4.26. The van der Waals surface area contributed by atoms with Crippen LogP contribution in [0.5, 0.6) is 0 Å². The quantitative estimate of drug-likeness (QED) is 0.781. The van der Waals surface area contributed by atoms with Crippen LogP contribution in [0.3, 0.4) is 0 Å². The Bertz CT molecular complexity index is 404. The van der Waals surface area contributed by atoms with Gasteiger partial charge in [0.2, 0.25) is 0 Å². The zero-order valence-corrected chi connectivity index (χ0v) is 9.59. The summed E-state index contributed by atoms with van der Waals surface area (Å²) in [6.07, 6.45) is 3.84. The van der Waals surface area contributed by atoms with Crippen LogP contribution in [0.2, 0.25) is 0 Å². The molecule has 0 bridgehead atoms. The third-order valence-electron chi connectivity index (χ3n) is 4.26. The van der Waals surface area contributed by atoms with Crippen molar-refractivity contribution < 1.29 is 0 Å². The van der Waals surface area contributed by atoms with Gasteiger partial charge < -0.3 is 5.73 Å². The molecule has 2 fully saturated rings. The fourth-order valence-corrected chi connectivity index (χ4v) is 2.77. The first-order valence-electron chi connectivity index (χ1n) is 5.93. The number of nitrogens with two attached hydrogens (primary N) is 1. The SMILES string of the molecule is CC1(C)CC1(N)c1ccccc1C1CC1. The summed E-state index contributed by atoms with van der Waals surface area (Å²) in [6.45, 7) is 4.55. The Labute approximate surface area is 91.7 Å². The number of hydrogen-bond donors (Lipinski definition) is 1. The molecule has 0 aromatic heterocycles. The van der Waals surface area contributed by atoms with Gasteiger partial charge in [-0.1, -0.05) is 38.1 Å². The first-order valence-corrected chi connectivity index (χ1v) is 5.93. The standard InChI is InChI=1S/C14H19N/c1-13(2)9-14(13,15)12-6-4-3-5-11(12)10-7-8-10/h3-6,10H,7-9,15H2,1-2H3. The summed E-state index contributed by atoms with van der Waals surface area (Å²) in [5, 5.41) is 0. The van der Waals surface area contributed by atoms with Crippen molar-refractivity contribution in [3.05, 3.63) is 35.4 Å². The van der Waals surface area contributed by atoms with E-state index in [2.05, 4.69) is 38.1 Å². The van der Waals surface area contributed by atoms with Crippen LogP contribution in [-0.4, -0.2) is 0 Å². The van der Waals surface area contributed by atoms with Crippen LogP contribution in [0.15, 0.2) is 24.3 Å². The van der Waals surface area contributed by atoms with Crippen molar-refractivity contribution in [3.8, 4) is 0 Å². The fraction of sp³-hybridized carbons (Fsp3) is 0.571. The number of benzene rings is 1. The van der Waals surface area contributed by atoms with Crippen LogP contribution in [-0.2, 0) is 5.54 Å². The van der Waals surface area contributed by atoms with Gasteiger partial charge in [0, 0.05) is 5.54 Å². The van der Waals surface area contributed by atoms with Crippen molar-refractivity contribution in [2.24, 2.45) is 11.1 Å². The maximum Gasteiger partial charge on any atom is 0.0470 e. The molecule has 1 aromatic carbocycles. The predicted molar refractivity (Wildman–Crippen MR) is 62.7 cm³/mol. The van der Waals surface area contributed by atoms with Crippen molar-refractivity contribution in [3.63, 3.8) is 0 Å². The lowest BCUT2D eigenvalue weighted by atomic mass is 9.91. The third kappa shape index (κ3) is 1.26. The minimum atomic E-state index is -0.0494. The predicted octanol–water partition coefficient (Wildman–Crippen LogP) is 3.15. The maximum absolute atomic E-state index is 6.51. The topological polar surface area (TPSA) is 26.0 Å². The molecule has 1 nitrogen and oxygen atoms in total. The van der Waals surface area contributed by atoms with E-state index in [-0.39, 0.29) is 11.0 Å². The van der Waals surface area contributed by atoms with Crippen molar-refractivity contribution in [2.75, 3.05) is 0 Å². The summed E-state index contributed by atoms with van der Waals surface area (Å²) < 4.78 is 0. The molecule has 0 heterocycles. The maximum atomic E-state index is 6.51. The lowest BCUT2D eigenvalue weighted by Crippen LogP contribution is -2.26. The first kappa shape index (κ1) is 9.41. The lowest BCUT2D eigenvalue weighted by Gasteiger charge is -2.19. The largest absolute Gasteiger partial charge is 0.321 e. The van der Waals surface area contributed by atoms with Gasteiger partial charge in [-0.3, -0.25) is 0 Å². The van der Waals surface area contributed by atoms with Crippen molar-refractivity contribution in [1.29, 1.82) is 0 Å². The molecule has 0 saturated heterocycles. The monoisotopic (exact) mass is 201 g/mol. The average molecular weight is 201 g/mol. The van der Waals surface area contributed by atoms with Crippen molar-refractivity contribution in [1.82, 2.24) is 0 Å². The van der Waals surface area contributed by atoms with Gasteiger partial charge in [0.25, 0.3) is 0 Å². The van der Waals surface area contributed by atoms with Gasteiger partial charge in [-0.05, 0) is 41.7 Å². The van der Waals surface area contributed by atoms with Gasteiger partial charge in [0.15, 0.2) is 0 Å². The van der Waals surface area contributed by atoms with Gasteiger partial charge in [0.05, 0.1) is 0 Å². The molecule has 1 atom stereocenters. The Morgan fingerprint density at radius 3 is 2.33 bits per heavy atom. The van der Waals surface area contributed by atoms with Gasteiger partial charge >= 0.3 is 0 Å². The Morgan fingerprint density at radius 2 is 1.80 bits per heavy atom. The molecule has 2 N–H and O–H groups in total. The molecule has 3 rings (SSSR count).